The number of hydrogen-bond acceptors (Lipinski definition) is 1. The second-order valence-corrected chi connectivity index (χ2v) is 2.86. The molecule has 1 nitrogen and oxygen atoms in total. The Kier molecular flexibility index (Phi) is 2.26. The molecule has 0 aliphatic heterocycles. The fourth-order valence-corrected chi connectivity index (χ4v) is 1.56. The maximum absolute atomic E-state index is 7.53. The van der Waals surface area contributed by atoms with Gasteiger partial charge < -0.3 is 5.41 Å². The van der Waals surface area contributed by atoms with Crippen LogP contribution in [0.4, 0.5) is 0 Å². The van der Waals surface area contributed by atoms with Crippen LogP contribution in [0.3, 0.4) is 0 Å². The molecule has 1 N–H and O–H groups in total. The topological polar surface area (TPSA) is 23.9 Å². The van der Waals surface area contributed by atoms with Crippen molar-refractivity contribution in [2.45, 2.75) is 39.0 Å². The largest absolute Gasteiger partial charge is 0.309 e. The van der Waals surface area contributed by atoms with E-state index in [1.807, 2.05) is 0 Å². The predicted octanol–water partition coefficient (Wildman–Crippen LogP) is 2.61. The van der Waals surface area contributed by atoms with Crippen LogP contribution >= 0.6 is 0 Å². The first-order chi connectivity index (χ1) is 4.34. The summed E-state index contributed by atoms with van der Waals surface area (Å²) in [5.74, 6) is 0.662. The van der Waals surface area contributed by atoms with Crippen molar-refractivity contribution in [1.29, 1.82) is 5.41 Å². The molecule has 0 spiro atoms. The average Bonchev–Trinajstić information content (AvgIpc) is 2.37. The van der Waals surface area contributed by atoms with E-state index in [4.69, 9.17) is 5.41 Å². The van der Waals surface area contributed by atoms with Gasteiger partial charge >= 0.3 is 0 Å². The molecule has 1 aliphatic rings. The molecule has 1 aliphatic carbocycles. The SMILES string of the molecule is CCC(=N)C1CCCC1. The Labute approximate surface area is 57.0 Å². The Morgan fingerprint density at radius 3 is 2.44 bits per heavy atom. The lowest BCUT2D eigenvalue weighted by atomic mass is 10.0. The van der Waals surface area contributed by atoms with Crippen LogP contribution in [-0.2, 0) is 0 Å². The van der Waals surface area contributed by atoms with Gasteiger partial charge in [-0.25, -0.2) is 0 Å². The lowest BCUT2D eigenvalue weighted by molar-refractivity contribution is 0.710. The maximum Gasteiger partial charge on any atom is 0.0117 e. The van der Waals surface area contributed by atoms with Crippen LogP contribution in [0, 0.1) is 11.3 Å². The molecule has 1 fully saturated rings. The zero-order valence-corrected chi connectivity index (χ0v) is 6.11. The van der Waals surface area contributed by atoms with Gasteiger partial charge in [-0.3, -0.25) is 0 Å². The van der Waals surface area contributed by atoms with Crippen LogP contribution in [0.25, 0.3) is 0 Å². The predicted molar refractivity (Wildman–Crippen MR) is 40.0 cm³/mol. The standard InChI is InChI=1S/C8H15N/c1-2-8(9)7-5-3-4-6-7/h7,9H,2-6H2,1H3. The molecule has 0 aromatic carbocycles. The van der Waals surface area contributed by atoms with Gasteiger partial charge in [0.1, 0.15) is 0 Å². The van der Waals surface area contributed by atoms with Gasteiger partial charge in [-0.15, -0.1) is 0 Å². The zero-order valence-electron chi connectivity index (χ0n) is 6.11. The van der Waals surface area contributed by atoms with Crippen LogP contribution in [0.15, 0.2) is 0 Å². The first-order valence-electron chi connectivity index (χ1n) is 3.92. The van der Waals surface area contributed by atoms with Crippen molar-refractivity contribution >= 4 is 5.71 Å². The van der Waals surface area contributed by atoms with E-state index < -0.39 is 0 Å². The second-order valence-electron chi connectivity index (χ2n) is 2.86. The van der Waals surface area contributed by atoms with E-state index in [-0.39, 0.29) is 0 Å². The van der Waals surface area contributed by atoms with E-state index in [1.54, 1.807) is 0 Å². The van der Waals surface area contributed by atoms with Crippen LogP contribution in [-0.4, -0.2) is 5.71 Å². The highest BCUT2D eigenvalue weighted by atomic mass is 14.4. The van der Waals surface area contributed by atoms with Gasteiger partial charge in [0, 0.05) is 5.71 Å². The minimum absolute atomic E-state index is 0.662. The molecule has 9 heavy (non-hydrogen) atoms. The summed E-state index contributed by atoms with van der Waals surface area (Å²) in [6.45, 7) is 2.08. The fourth-order valence-electron chi connectivity index (χ4n) is 1.56. The normalized spacial score (nSPS) is 20.6. The molecule has 0 radical (unpaired) electrons. The van der Waals surface area contributed by atoms with Crippen LogP contribution in [0.1, 0.15) is 39.0 Å². The quantitative estimate of drug-likeness (QED) is 0.548. The lowest BCUT2D eigenvalue weighted by Crippen LogP contribution is -2.07. The number of hydrogen-bond donors (Lipinski definition) is 1. The van der Waals surface area contributed by atoms with Crippen molar-refractivity contribution in [3.8, 4) is 0 Å². The molecule has 0 heterocycles. The van der Waals surface area contributed by atoms with Crippen LogP contribution < -0.4 is 0 Å². The summed E-state index contributed by atoms with van der Waals surface area (Å²) < 4.78 is 0. The van der Waals surface area contributed by atoms with Crippen molar-refractivity contribution in [3.63, 3.8) is 0 Å². The molecular formula is C8H15N. The first kappa shape index (κ1) is 6.79. The summed E-state index contributed by atoms with van der Waals surface area (Å²) in [5, 5.41) is 7.53. The number of nitrogens with one attached hydrogen (secondary N) is 1. The second kappa shape index (κ2) is 3.00. The first-order valence-corrected chi connectivity index (χ1v) is 3.92. The zero-order chi connectivity index (χ0) is 6.69. The van der Waals surface area contributed by atoms with Gasteiger partial charge in [-0.1, -0.05) is 19.8 Å². The molecule has 1 saturated carbocycles. The molecule has 0 aromatic heterocycles. The summed E-state index contributed by atoms with van der Waals surface area (Å²) >= 11 is 0. The summed E-state index contributed by atoms with van der Waals surface area (Å²) in [6.07, 6.45) is 6.24. The van der Waals surface area contributed by atoms with Gasteiger partial charge in [0.15, 0.2) is 0 Å². The highest BCUT2D eigenvalue weighted by Gasteiger charge is 2.17. The molecule has 1 heteroatoms. The van der Waals surface area contributed by atoms with Gasteiger partial charge in [-0.2, -0.15) is 0 Å². The minimum atomic E-state index is 0.662. The van der Waals surface area contributed by atoms with Crippen molar-refractivity contribution in [2.75, 3.05) is 0 Å². The molecule has 0 unspecified atom stereocenters. The van der Waals surface area contributed by atoms with E-state index in [1.165, 1.54) is 25.7 Å². The smallest absolute Gasteiger partial charge is 0.0117 e. The summed E-state index contributed by atoms with van der Waals surface area (Å²) in [7, 11) is 0. The van der Waals surface area contributed by atoms with Crippen LogP contribution in [0.5, 0.6) is 0 Å². The van der Waals surface area contributed by atoms with Crippen LogP contribution in [0.2, 0.25) is 0 Å². The molecule has 52 valence electrons. The lowest BCUT2D eigenvalue weighted by Gasteiger charge is -2.06. The fraction of sp³-hybridized carbons (Fsp3) is 0.875. The average molecular weight is 125 g/mol. The molecule has 0 amide bonds. The molecule has 0 aromatic rings. The van der Waals surface area contributed by atoms with E-state index >= 15 is 0 Å². The van der Waals surface area contributed by atoms with Gasteiger partial charge in [0.25, 0.3) is 0 Å². The molecule has 0 bridgehead atoms. The maximum atomic E-state index is 7.53. The molecule has 0 saturated heterocycles. The van der Waals surface area contributed by atoms with Crippen molar-refractivity contribution in [3.05, 3.63) is 0 Å². The number of rotatable bonds is 2. The summed E-state index contributed by atoms with van der Waals surface area (Å²) in [6, 6.07) is 0. The van der Waals surface area contributed by atoms with Gasteiger partial charge in [-0.05, 0) is 25.2 Å². The van der Waals surface area contributed by atoms with E-state index in [0.717, 1.165) is 12.1 Å². The van der Waals surface area contributed by atoms with Crippen molar-refractivity contribution in [1.82, 2.24) is 0 Å². The third-order valence-corrected chi connectivity index (χ3v) is 2.23. The van der Waals surface area contributed by atoms with Crippen molar-refractivity contribution in [2.24, 2.45) is 5.92 Å². The molecule has 0 atom stereocenters. The summed E-state index contributed by atoms with van der Waals surface area (Å²) in [4.78, 5) is 0. The third-order valence-electron chi connectivity index (χ3n) is 2.23. The van der Waals surface area contributed by atoms with E-state index in [9.17, 15) is 0 Å². The third kappa shape index (κ3) is 1.54. The Balaban J connectivity index is 2.32. The Bertz CT molecular complexity index is 101. The molecule has 1 rings (SSSR count). The highest BCUT2D eigenvalue weighted by Crippen LogP contribution is 2.26. The Hall–Kier alpha value is -0.330. The van der Waals surface area contributed by atoms with Gasteiger partial charge in [0.2, 0.25) is 0 Å². The minimum Gasteiger partial charge on any atom is -0.309 e. The van der Waals surface area contributed by atoms with Crippen molar-refractivity contribution < 1.29 is 0 Å². The van der Waals surface area contributed by atoms with E-state index in [2.05, 4.69) is 6.92 Å². The Morgan fingerprint density at radius 1 is 1.44 bits per heavy atom. The van der Waals surface area contributed by atoms with Gasteiger partial charge in [0.05, 0.1) is 0 Å². The van der Waals surface area contributed by atoms with E-state index in [0.29, 0.717) is 5.92 Å². The highest BCUT2D eigenvalue weighted by molar-refractivity contribution is 5.83. The summed E-state index contributed by atoms with van der Waals surface area (Å²) in [5.41, 5.74) is 0.979. The molecular weight excluding hydrogens is 110 g/mol. The Morgan fingerprint density at radius 2 is 2.00 bits per heavy atom. The monoisotopic (exact) mass is 125 g/mol.